The van der Waals surface area contributed by atoms with Crippen LogP contribution in [-0.4, -0.2) is 29.0 Å². The maximum absolute atomic E-state index is 12.2. The molecule has 2 rings (SSSR count). The molecule has 21 heavy (non-hydrogen) atoms. The molecule has 0 radical (unpaired) electrons. The molecule has 1 aromatic rings. The van der Waals surface area contributed by atoms with Gasteiger partial charge >= 0.3 is 0 Å². The lowest BCUT2D eigenvalue weighted by atomic mass is 9.95. The minimum Gasteiger partial charge on any atom is -0.349 e. The minimum absolute atomic E-state index is 0.285. The predicted molar refractivity (Wildman–Crippen MR) is 91.2 cm³/mol. The number of nitrogens with one attached hydrogen (secondary N) is 1. The highest BCUT2D eigenvalue weighted by molar-refractivity contribution is 7.80. The lowest BCUT2D eigenvalue weighted by molar-refractivity contribution is 0.0972. The molecule has 0 spiro atoms. The third kappa shape index (κ3) is 4.56. The van der Waals surface area contributed by atoms with Crippen LogP contribution in [0.15, 0.2) is 18.2 Å². The van der Waals surface area contributed by atoms with Crippen molar-refractivity contribution in [3.63, 3.8) is 0 Å². The van der Waals surface area contributed by atoms with Gasteiger partial charge in [0, 0.05) is 28.7 Å². The van der Waals surface area contributed by atoms with Crippen molar-refractivity contribution in [2.75, 3.05) is 7.05 Å². The molecule has 1 saturated carbocycles. The number of halogens is 2. The largest absolute Gasteiger partial charge is 0.349 e. The summed E-state index contributed by atoms with van der Waals surface area (Å²) in [5, 5.41) is 4.06. The van der Waals surface area contributed by atoms with Gasteiger partial charge in [0.05, 0.1) is 0 Å². The van der Waals surface area contributed by atoms with Crippen molar-refractivity contribution in [2.45, 2.75) is 38.1 Å². The number of rotatable bonds is 2. The number of nitrogens with zero attached hydrogens (tertiary/aromatic N) is 1. The maximum Gasteiger partial charge on any atom is 0.257 e. The molecule has 0 aliphatic heterocycles. The first-order valence-electron chi connectivity index (χ1n) is 7.01. The van der Waals surface area contributed by atoms with Crippen LogP contribution in [0.3, 0.4) is 0 Å². The molecule has 0 saturated heterocycles. The Morgan fingerprint density at radius 3 is 2.33 bits per heavy atom. The second-order valence-electron chi connectivity index (χ2n) is 5.32. The number of carbonyl (C=O) groups is 1. The van der Waals surface area contributed by atoms with Gasteiger partial charge in [0.25, 0.3) is 5.91 Å². The van der Waals surface area contributed by atoms with Crippen LogP contribution in [0.25, 0.3) is 0 Å². The van der Waals surface area contributed by atoms with Crippen LogP contribution < -0.4 is 5.32 Å². The quantitative estimate of drug-likeness (QED) is 0.813. The summed E-state index contributed by atoms with van der Waals surface area (Å²) < 4.78 is 0. The lowest BCUT2D eigenvalue weighted by Crippen LogP contribution is -2.46. The zero-order valence-electron chi connectivity index (χ0n) is 11.9. The molecule has 0 atom stereocenters. The van der Waals surface area contributed by atoms with Gasteiger partial charge in [-0.05, 0) is 43.3 Å². The molecule has 1 amide bonds. The summed E-state index contributed by atoms with van der Waals surface area (Å²) in [7, 11) is 1.93. The van der Waals surface area contributed by atoms with Crippen molar-refractivity contribution < 1.29 is 4.79 Å². The number of amides is 1. The Morgan fingerprint density at radius 2 is 1.76 bits per heavy atom. The fourth-order valence-electron chi connectivity index (χ4n) is 2.58. The molecule has 0 bridgehead atoms. The molecule has 1 aromatic carbocycles. The van der Waals surface area contributed by atoms with Crippen LogP contribution in [0.4, 0.5) is 0 Å². The molecule has 114 valence electrons. The van der Waals surface area contributed by atoms with Crippen LogP contribution in [0.2, 0.25) is 10.0 Å². The van der Waals surface area contributed by atoms with E-state index in [1.807, 2.05) is 11.9 Å². The van der Waals surface area contributed by atoms with Gasteiger partial charge in [-0.25, -0.2) is 0 Å². The number of hydrogen-bond donors (Lipinski definition) is 1. The van der Waals surface area contributed by atoms with E-state index in [1.165, 1.54) is 19.3 Å². The molecule has 1 N–H and O–H groups in total. The first-order chi connectivity index (χ1) is 9.97. The molecule has 3 nitrogen and oxygen atoms in total. The van der Waals surface area contributed by atoms with E-state index in [-0.39, 0.29) is 5.91 Å². The average Bonchev–Trinajstić information content (AvgIpc) is 2.46. The highest BCUT2D eigenvalue weighted by atomic mass is 35.5. The van der Waals surface area contributed by atoms with E-state index in [4.69, 9.17) is 35.4 Å². The Morgan fingerprint density at radius 1 is 1.19 bits per heavy atom. The summed E-state index contributed by atoms with van der Waals surface area (Å²) in [6, 6.07) is 5.15. The molecular weight excluding hydrogens is 327 g/mol. The van der Waals surface area contributed by atoms with Crippen molar-refractivity contribution in [1.29, 1.82) is 0 Å². The number of thiocarbonyl (C=S) groups is 1. The van der Waals surface area contributed by atoms with E-state index in [0.29, 0.717) is 26.8 Å². The second-order valence-corrected chi connectivity index (χ2v) is 6.58. The van der Waals surface area contributed by atoms with Crippen molar-refractivity contribution in [1.82, 2.24) is 10.2 Å². The first kappa shape index (κ1) is 16.5. The molecular formula is C15H18Cl2N2OS. The zero-order chi connectivity index (χ0) is 15.4. The van der Waals surface area contributed by atoms with Crippen LogP contribution in [0.1, 0.15) is 42.5 Å². The van der Waals surface area contributed by atoms with Gasteiger partial charge in [0.15, 0.2) is 5.11 Å². The third-order valence-electron chi connectivity index (χ3n) is 3.79. The fourth-order valence-corrected chi connectivity index (χ4v) is 3.34. The van der Waals surface area contributed by atoms with E-state index in [9.17, 15) is 4.79 Å². The van der Waals surface area contributed by atoms with Gasteiger partial charge in [0.2, 0.25) is 0 Å². The molecule has 1 fully saturated rings. The predicted octanol–water partition coefficient (Wildman–Crippen LogP) is 4.27. The highest BCUT2D eigenvalue weighted by Gasteiger charge is 2.21. The number of carbonyl (C=O) groups excluding carboxylic acids is 1. The summed E-state index contributed by atoms with van der Waals surface area (Å²) in [5.74, 6) is -0.285. The van der Waals surface area contributed by atoms with Gasteiger partial charge in [-0.15, -0.1) is 0 Å². The summed E-state index contributed by atoms with van der Waals surface area (Å²) >= 11 is 17.1. The van der Waals surface area contributed by atoms with Gasteiger partial charge < -0.3 is 4.90 Å². The Hall–Kier alpha value is -0.840. The zero-order valence-corrected chi connectivity index (χ0v) is 14.2. The maximum atomic E-state index is 12.2. The van der Waals surface area contributed by atoms with Gasteiger partial charge in [0.1, 0.15) is 0 Å². The van der Waals surface area contributed by atoms with E-state index >= 15 is 0 Å². The van der Waals surface area contributed by atoms with E-state index in [1.54, 1.807) is 18.2 Å². The Balaban J connectivity index is 1.99. The van der Waals surface area contributed by atoms with Gasteiger partial charge in [-0.2, -0.15) is 0 Å². The van der Waals surface area contributed by atoms with Crippen molar-refractivity contribution in [2.24, 2.45) is 0 Å². The summed E-state index contributed by atoms with van der Waals surface area (Å²) in [5.41, 5.74) is 0.409. The number of benzene rings is 1. The van der Waals surface area contributed by atoms with E-state index in [0.717, 1.165) is 12.8 Å². The SMILES string of the molecule is CN(C(=S)NC(=O)c1cc(Cl)cc(Cl)c1)C1CCCCC1. The highest BCUT2D eigenvalue weighted by Crippen LogP contribution is 2.22. The third-order valence-corrected chi connectivity index (χ3v) is 4.61. The number of hydrogen-bond acceptors (Lipinski definition) is 2. The van der Waals surface area contributed by atoms with E-state index in [2.05, 4.69) is 5.32 Å². The van der Waals surface area contributed by atoms with Crippen molar-refractivity contribution in [3.05, 3.63) is 33.8 Å². The average molecular weight is 345 g/mol. The summed E-state index contributed by atoms with van der Waals surface area (Å²) in [4.78, 5) is 14.2. The van der Waals surface area contributed by atoms with Crippen LogP contribution in [0.5, 0.6) is 0 Å². The second kappa shape index (κ2) is 7.43. The molecule has 0 heterocycles. The van der Waals surface area contributed by atoms with Gasteiger partial charge in [-0.1, -0.05) is 42.5 Å². The smallest absolute Gasteiger partial charge is 0.257 e. The molecule has 1 aliphatic carbocycles. The fraction of sp³-hybridized carbons (Fsp3) is 0.467. The normalized spacial score (nSPS) is 15.6. The lowest BCUT2D eigenvalue weighted by Gasteiger charge is -2.32. The van der Waals surface area contributed by atoms with E-state index < -0.39 is 0 Å². The Labute approximate surface area is 140 Å². The molecule has 1 aliphatic rings. The van der Waals surface area contributed by atoms with Crippen molar-refractivity contribution >= 4 is 46.4 Å². The summed E-state index contributed by atoms with van der Waals surface area (Å²) in [6.45, 7) is 0. The summed E-state index contributed by atoms with van der Waals surface area (Å²) in [6.07, 6.45) is 5.96. The van der Waals surface area contributed by atoms with Gasteiger partial charge in [-0.3, -0.25) is 10.1 Å². The van der Waals surface area contributed by atoms with Crippen LogP contribution >= 0.6 is 35.4 Å². The standard InChI is InChI=1S/C15H18Cl2N2OS/c1-19(13-5-3-2-4-6-13)15(21)18-14(20)10-7-11(16)9-12(17)8-10/h7-9,13H,2-6H2,1H3,(H,18,20,21). The van der Waals surface area contributed by atoms with Crippen LogP contribution in [0, 0.1) is 0 Å². The van der Waals surface area contributed by atoms with Crippen LogP contribution in [-0.2, 0) is 0 Å². The minimum atomic E-state index is -0.285. The monoisotopic (exact) mass is 344 g/mol. The molecule has 0 aromatic heterocycles. The topological polar surface area (TPSA) is 32.3 Å². The molecule has 0 unspecified atom stereocenters. The Bertz CT molecular complexity index is 524. The molecule has 6 heteroatoms. The van der Waals surface area contributed by atoms with Crippen molar-refractivity contribution in [3.8, 4) is 0 Å². The Kier molecular flexibility index (Phi) is 5.85. The first-order valence-corrected chi connectivity index (χ1v) is 8.18.